The Morgan fingerprint density at radius 2 is 1.71 bits per heavy atom. The minimum absolute atomic E-state index is 0.123. The summed E-state index contributed by atoms with van der Waals surface area (Å²) in [6.45, 7) is 4.55. The van der Waals surface area contributed by atoms with Crippen LogP contribution in [0.1, 0.15) is 26.2 Å². The Hall–Kier alpha value is -2.69. The van der Waals surface area contributed by atoms with Gasteiger partial charge in [0.1, 0.15) is 11.6 Å². The normalized spacial score (nSPS) is 18.4. The van der Waals surface area contributed by atoms with Gasteiger partial charge in [-0.3, -0.25) is 4.79 Å². The Balaban J connectivity index is 1.59. The number of amides is 1. The molecule has 10 heteroatoms. The van der Waals surface area contributed by atoms with Crippen LogP contribution in [-0.4, -0.2) is 64.1 Å². The van der Waals surface area contributed by atoms with Crippen molar-refractivity contribution in [2.75, 3.05) is 49.6 Å². The van der Waals surface area contributed by atoms with Crippen LogP contribution >= 0.6 is 0 Å². The number of carbonyl (C=O) groups excluding carboxylic acids is 1. The summed E-state index contributed by atoms with van der Waals surface area (Å²) in [7, 11) is -3.72. The van der Waals surface area contributed by atoms with Gasteiger partial charge in [-0.1, -0.05) is 0 Å². The lowest BCUT2D eigenvalue weighted by Crippen LogP contribution is -2.40. The molecule has 8 nitrogen and oxygen atoms in total. The quantitative estimate of drug-likeness (QED) is 0.640. The van der Waals surface area contributed by atoms with Crippen LogP contribution in [-0.2, 0) is 19.6 Å². The lowest BCUT2D eigenvalue weighted by molar-refractivity contribution is -0.122. The van der Waals surface area contributed by atoms with Crippen LogP contribution in [0.3, 0.4) is 0 Å². The molecule has 0 radical (unpaired) electrons. The van der Waals surface area contributed by atoms with E-state index in [1.807, 2.05) is 0 Å². The molecule has 1 N–H and O–H groups in total. The van der Waals surface area contributed by atoms with Crippen LogP contribution in [0.15, 0.2) is 47.4 Å². The first-order valence-corrected chi connectivity index (χ1v) is 13.0. The minimum atomic E-state index is -3.72. The van der Waals surface area contributed by atoms with Gasteiger partial charge in [-0.25, -0.2) is 12.8 Å². The highest BCUT2D eigenvalue weighted by Crippen LogP contribution is 2.32. The summed E-state index contributed by atoms with van der Waals surface area (Å²) >= 11 is 0. The van der Waals surface area contributed by atoms with Crippen LogP contribution in [0, 0.1) is 5.82 Å². The van der Waals surface area contributed by atoms with E-state index in [1.165, 1.54) is 34.6 Å². The lowest BCUT2D eigenvalue weighted by Gasteiger charge is -2.31. The number of morpholine rings is 1. The van der Waals surface area contributed by atoms with Gasteiger partial charge < -0.3 is 19.7 Å². The standard InChI is InChI=1S/C24H30FN3O5S/c1-18(33-20-7-5-19(25)6-8-20)24(29)26-22-17-21(34(30,31)28-13-15-32-16-14-28)9-10-23(22)27-11-3-2-4-12-27/h5-10,17-18H,2-4,11-16H2,1H3,(H,26,29)/t18-/m0/s1. The van der Waals surface area contributed by atoms with Crippen molar-refractivity contribution in [1.82, 2.24) is 4.31 Å². The SMILES string of the molecule is C[C@H](Oc1ccc(F)cc1)C(=O)Nc1cc(S(=O)(=O)N2CCOCC2)ccc1N1CCCCC1. The number of anilines is 2. The van der Waals surface area contributed by atoms with Crippen molar-refractivity contribution in [2.24, 2.45) is 0 Å². The van der Waals surface area contributed by atoms with E-state index in [-0.39, 0.29) is 4.90 Å². The Bertz CT molecular complexity index is 1100. The van der Waals surface area contributed by atoms with Gasteiger partial charge in [0.05, 0.1) is 29.5 Å². The largest absolute Gasteiger partial charge is 0.481 e. The van der Waals surface area contributed by atoms with Gasteiger partial charge in [0.25, 0.3) is 5.91 Å². The molecule has 0 unspecified atom stereocenters. The van der Waals surface area contributed by atoms with E-state index < -0.39 is 27.9 Å². The van der Waals surface area contributed by atoms with Crippen LogP contribution < -0.4 is 15.0 Å². The summed E-state index contributed by atoms with van der Waals surface area (Å²) in [6.07, 6.45) is 2.33. The van der Waals surface area contributed by atoms with Crippen molar-refractivity contribution in [3.63, 3.8) is 0 Å². The molecule has 2 saturated heterocycles. The molecule has 184 valence electrons. The van der Waals surface area contributed by atoms with Gasteiger partial charge in [0.2, 0.25) is 10.0 Å². The third-order valence-electron chi connectivity index (χ3n) is 6.03. The molecule has 34 heavy (non-hydrogen) atoms. The van der Waals surface area contributed by atoms with Crippen molar-refractivity contribution in [3.05, 3.63) is 48.3 Å². The zero-order valence-electron chi connectivity index (χ0n) is 19.2. The first-order chi connectivity index (χ1) is 16.3. The van der Waals surface area contributed by atoms with Gasteiger partial charge in [-0.15, -0.1) is 0 Å². The molecular weight excluding hydrogens is 461 g/mol. The van der Waals surface area contributed by atoms with Crippen molar-refractivity contribution in [2.45, 2.75) is 37.2 Å². The molecule has 2 aromatic rings. The van der Waals surface area contributed by atoms with Crippen molar-refractivity contribution in [1.29, 1.82) is 0 Å². The van der Waals surface area contributed by atoms with Crippen LogP contribution in [0.5, 0.6) is 5.75 Å². The lowest BCUT2D eigenvalue weighted by atomic mass is 10.1. The van der Waals surface area contributed by atoms with E-state index in [0.29, 0.717) is 37.7 Å². The number of hydrogen-bond donors (Lipinski definition) is 1. The summed E-state index contributed by atoms with van der Waals surface area (Å²) in [4.78, 5) is 15.3. The molecule has 0 aliphatic carbocycles. The molecular formula is C24H30FN3O5S. The molecule has 2 heterocycles. The maximum Gasteiger partial charge on any atom is 0.265 e. The van der Waals surface area contributed by atoms with Crippen LogP contribution in [0.4, 0.5) is 15.8 Å². The summed E-state index contributed by atoms with van der Waals surface area (Å²) in [5.41, 5.74) is 1.21. The summed E-state index contributed by atoms with van der Waals surface area (Å²) in [5.74, 6) is -0.457. The van der Waals surface area contributed by atoms with Crippen molar-refractivity contribution in [3.8, 4) is 5.75 Å². The molecule has 1 amide bonds. The number of rotatable bonds is 7. The number of halogens is 1. The summed E-state index contributed by atoms with van der Waals surface area (Å²) in [6, 6.07) is 10.3. The molecule has 2 aliphatic heterocycles. The highest BCUT2D eigenvalue weighted by Gasteiger charge is 2.28. The Labute approximate surface area is 199 Å². The van der Waals surface area contributed by atoms with Crippen LogP contribution in [0.25, 0.3) is 0 Å². The number of ether oxygens (including phenoxy) is 2. The first-order valence-electron chi connectivity index (χ1n) is 11.5. The molecule has 1 atom stereocenters. The van der Waals surface area contributed by atoms with Gasteiger partial charge in [0, 0.05) is 26.2 Å². The van der Waals surface area contributed by atoms with E-state index in [0.717, 1.165) is 38.0 Å². The molecule has 2 aliphatic rings. The minimum Gasteiger partial charge on any atom is -0.481 e. The van der Waals surface area contributed by atoms with Gasteiger partial charge in [0.15, 0.2) is 6.10 Å². The van der Waals surface area contributed by atoms with Gasteiger partial charge in [-0.05, 0) is 68.7 Å². The molecule has 0 aromatic heterocycles. The number of hydrogen-bond acceptors (Lipinski definition) is 6. The summed E-state index contributed by atoms with van der Waals surface area (Å²) in [5, 5.41) is 2.87. The molecule has 0 spiro atoms. The van der Waals surface area contributed by atoms with Crippen LogP contribution in [0.2, 0.25) is 0 Å². The van der Waals surface area contributed by atoms with E-state index in [9.17, 15) is 17.6 Å². The number of nitrogens with zero attached hydrogens (tertiary/aromatic N) is 2. The second-order valence-electron chi connectivity index (χ2n) is 8.45. The molecule has 2 aromatic carbocycles. The second-order valence-corrected chi connectivity index (χ2v) is 10.4. The van der Waals surface area contributed by atoms with Gasteiger partial charge >= 0.3 is 0 Å². The predicted octanol–water partition coefficient (Wildman–Crippen LogP) is 3.24. The Morgan fingerprint density at radius 3 is 2.38 bits per heavy atom. The maximum absolute atomic E-state index is 13.2. The van der Waals surface area contributed by atoms with E-state index in [2.05, 4.69) is 10.2 Å². The number of piperidine rings is 1. The molecule has 4 rings (SSSR count). The molecule has 0 saturated carbocycles. The topological polar surface area (TPSA) is 88.2 Å². The second kappa shape index (κ2) is 10.7. The predicted molar refractivity (Wildman–Crippen MR) is 127 cm³/mol. The fraction of sp³-hybridized carbons (Fsp3) is 0.458. The van der Waals surface area contributed by atoms with E-state index in [4.69, 9.17) is 9.47 Å². The molecule has 0 bridgehead atoms. The highest BCUT2D eigenvalue weighted by atomic mass is 32.2. The average molecular weight is 492 g/mol. The number of carbonyl (C=O) groups is 1. The Kier molecular flexibility index (Phi) is 7.70. The van der Waals surface area contributed by atoms with Gasteiger partial charge in [-0.2, -0.15) is 4.31 Å². The Morgan fingerprint density at radius 1 is 1.03 bits per heavy atom. The third kappa shape index (κ3) is 5.68. The zero-order valence-corrected chi connectivity index (χ0v) is 20.0. The fourth-order valence-electron chi connectivity index (χ4n) is 4.13. The third-order valence-corrected chi connectivity index (χ3v) is 7.92. The number of nitrogens with one attached hydrogen (secondary N) is 1. The van der Waals surface area contributed by atoms with Crippen molar-refractivity contribution >= 4 is 27.3 Å². The smallest absolute Gasteiger partial charge is 0.265 e. The average Bonchev–Trinajstić information content (AvgIpc) is 2.86. The number of sulfonamides is 1. The first kappa shape index (κ1) is 24.4. The monoisotopic (exact) mass is 491 g/mol. The summed E-state index contributed by atoms with van der Waals surface area (Å²) < 4.78 is 51.9. The number of benzene rings is 2. The fourth-order valence-corrected chi connectivity index (χ4v) is 5.56. The van der Waals surface area contributed by atoms with E-state index >= 15 is 0 Å². The maximum atomic E-state index is 13.2. The zero-order chi connectivity index (χ0) is 24.1. The highest BCUT2D eigenvalue weighted by molar-refractivity contribution is 7.89. The van der Waals surface area contributed by atoms with Crippen molar-refractivity contribution < 1.29 is 27.1 Å². The van der Waals surface area contributed by atoms with E-state index in [1.54, 1.807) is 19.1 Å². The molecule has 2 fully saturated rings.